The Morgan fingerprint density at radius 1 is 1.06 bits per heavy atom. The molecule has 1 aromatic heterocycles. The average Bonchev–Trinajstić information content (AvgIpc) is 2.86. The molecule has 0 saturated carbocycles. The molecule has 0 spiro atoms. The van der Waals surface area contributed by atoms with Crippen LogP contribution in [0.2, 0.25) is 0 Å². The van der Waals surface area contributed by atoms with E-state index in [2.05, 4.69) is 16.5 Å². The molecule has 0 radical (unpaired) electrons. The summed E-state index contributed by atoms with van der Waals surface area (Å²) in [6, 6.07) is 16.4. The van der Waals surface area contributed by atoms with Gasteiger partial charge in [0.25, 0.3) is 15.9 Å². The van der Waals surface area contributed by atoms with Crippen LogP contribution in [0.5, 0.6) is 0 Å². The number of hydrogen-bond donors (Lipinski definition) is 1. The van der Waals surface area contributed by atoms with Crippen molar-refractivity contribution in [2.45, 2.75) is 10.9 Å². The van der Waals surface area contributed by atoms with Gasteiger partial charge in [0.2, 0.25) is 5.95 Å². The summed E-state index contributed by atoms with van der Waals surface area (Å²) in [5.41, 5.74) is 7.49. The van der Waals surface area contributed by atoms with Crippen LogP contribution >= 0.6 is 0 Å². The summed E-state index contributed by atoms with van der Waals surface area (Å²) >= 11 is 0. The van der Waals surface area contributed by atoms with Crippen LogP contribution in [0.3, 0.4) is 0 Å². The molecular weight excluding hydrogens is 438 g/mol. The largest absolute Gasteiger partial charge is 0.323 e. The zero-order valence-electron chi connectivity index (χ0n) is 18.2. The van der Waals surface area contributed by atoms with E-state index in [1.54, 1.807) is 54.6 Å². The molecule has 170 valence electrons. The van der Waals surface area contributed by atoms with Crippen LogP contribution in [0, 0.1) is 0 Å². The molecule has 2 aromatic carbocycles. The quantitative estimate of drug-likeness (QED) is 0.523. The number of benzene rings is 2. The minimum Gasteiger partial charge on any atom is -0.323 e. The number of nitrogens with two attached hydrogens (primary N) is 1. The van der Waals surface area contributed by atoms with E-state index < -0.39 is 16.1 Å². The average molecular weight is 464 g/mol. The highest BCUT2D eigenvalue weighted by Crippen LogP contribution is 2.19. The minimum atomic E-state index is -3.79. The van der Waals surface area contributed by atoms with Crippen molar-refractivity contribution in [1.82, 2.24) is 14.9 Å². The maximum atomic E-state index is 12.8. The van der Waals surface area contributed by atoms with Gasteiger partial charge in [-0.05, 0) is 42.1 Å². The van der Waals surface area contributed by atoms with Crippen LogP contribution in [0.1, 0.15) is 15.9 Å². The first-order valence-electron chi connectivity index (χ1n) is 10.1. The van der Waals surface area contributed by atoms with E-state index >= 15 is 0 Å². The summed E-state index contributed by atoms with van der Waals surface area (Å²) < 4.78 is 26.6. The molecule has 33 heavy (non-hydrogen) atoms. The smallest absolute Gasteiger partial charge is 0.266 e. The van der Waals surface area contributed by atoms with Crippen molar-refractivity contribution in [2.24, 2.45) is 5.73 Å². The molecule has 2 N–H and O–H groups in total. The molecule has 3 aromatic rings. The molecule has 8 nitrogen and oxygen atoms in total. The first-order valence-corrected chi connectivity index (χ1v) is 11.6. The number of carbonyl (C=O) groups is 1. The van der Waals surface area contributed by atoms with Crippen molar-refractivity contribution < 1.29 is 13.2 Å². The van der Waals surface area contributed by atoms with Gasteiger partial charge in [0.15, 0.2) is 0 Å². The second-order valence-corrected chi connectivity index (χ2v) is 9.09. The van der Waals surface area contributed by atoms with Gasteiger partial charge in [-0.15, -0.1) is 0 Å². The maximum absolute atomic E-state index is 12.8. The first kappa shape index (κ1) is 23.8. The van der Waals surface area contributed by atoms with Crippen molar-refractivity contribution in [3.63, 3.8) is 0 Å². The van der Waals surface area contributed by atoms with Gasteiger partial charge in [0.05, 0.1) is 4.90 Å². The molecule has 0 aliphatic heterocycles. The van der Waals surface area contributed by atoms with Gasteiger partial charge in [0, 0.05) is 37.6 Å². The van der Waals surface area contributed by atoms with Crippen molar-refractivity contribution in [3.05, 3.63) is 103 Å². The van der Waals surface area contributed by atoms with Gasteiger partial charge >= 0.3 is 0 Å². The molecule has 0 fully saturated rings. The summed E-state index contributed by atoms with van der Waals surface area (Å²) in [6.07, 6.45) is 7.94. The van der Waals surface area contributed by atoms with Crippen molar-refractivity contribution in [1.29, 1.82) is 0 Å². The van der Waals surface area contributed by atoms with Crippen LogP contribution in [0.25, 0.3) is 6.08 Å². The number of hydrogen-bond acceptors (Lipinski definition) is 6. The van der Waals surface area contributed by atoms with E-state index in [4.69, 9.17) is 5.73 Å². The fourth-order valence-corrected chi connectivity index (χ4v) is 4.09. The van der Waals surface area contributed by atoms with E-state index in [0.717, 1.165) is 9.87 Å². The SMILES string of the molecule is C=CN(CC(N)/C=C/c1ccc(S(=O)(=O)N(C)c2ncccn2)cc1)C(=O)c1ccccc1. The number of nitrogens with zero attached hydrogens (tertiary/aromatic N) is 4. The molecule has 0 aliphatic carbocycles. The zero-order chi connectivity index (χ0) is 23.8. The number of rotatable bonds is 9. The highest BCUT2D eigenvalue weighted by atomic mass is 32.2. The Labute approximate surface area is 193 Å². The van der Waals surface area contributed by atoms with Crippen molar-refractivity contribution in [3.8, 4) is 0 Å². The van der Waals surface area contributed by atoms with E-state index in [9.17, 15) is 13.2 Å². The third-order valence-electron chi connectivity index (χ3n) is 4.82. The van der Waals surface area contributed by atoms with Crippen LogP contribution in [-0.2, 0) is 10.0 Å². The molecular formula is C24H25N5O3S. The van der Waals surface area contributed by atoms with E-state index in [0.29, 0.717) is 5.56 Å². The molecule has 1 unspecified atom stereocenters. The predicted molar refractivity (Wildman–Crippen MR) is 129 cm³/mol. The number of anilines is 1. The highest BCUT2D eigenvalue weighted by molar-refractivity contribution is 7.92. The van der Waals surface area contributed by atoms with Crippen LogP contribution < -0.4 is 10.0 Å². The molecule has 0 saturated heterocycles. The maximum Gasteiger partial charge on any atom is 0.266 e. The molecule has 1 amide bonds. The fraction of sp³-hybridized carbons (Fsp3) is 0.125. The fourth-order valence-electron chi connectivity index (χ4n) is 2.98. The molecule has 0 aliphatic rings. The summed E-state index contributed by atoms with van der Waals surface area (Å²) in [7, 11) is -2.39. The number of carbonyl (C=O) groups excluding carboxylic acids is 1. The zero-order valence-corrected chi connectivity index (χ0v) is 19.0. The second kappa shape index (κ2) is 10.7. The van der Waals surface area contributed by atoms with Crippen molar-refractivity contribution in [2.75, 3.05) is 17.9 Å². The van der Waals surface area contributed by atoms with E-state index in [1.165, 1.54) is 42.7 Å². The first-order chi connectivity index (χ1) is 15.8. The lowest BCUT2D eigenvalue weighted by atomic mass is 10.1. The Morgan fingerprint density at radius 3 is 2.30 bits per heavy atom. The van der Waals surface area contributed by atoms with Gasteiger partial charge in [-0.3, -0.25) is 4.79 Å². The van der Waals surface area contributed by atoms with Crippen molar-refractivity contribution >= 4 is 28.0 Å². The molecule has 0 bridgehead atoms. The summed E-state index contributed by atoms with van der Waals surface area (Å²) in [5, 5.41) is 0. The Bertz CT molecular complexity index is 1210. The second-order valence-electron chi connectivity index (χ2n) is 7.12. The standard InChI is InChI=1S/C24H25N5O3S/c1-3-29(23(30)20-8-5-4-6-9-20)18-21(25)13-10-19-11-14-22(15-12-19)33(31,32)28(2)24-26-16-7-17-27-24/h3-17,21H,1,18,25H2,2H3/b13-10+. The van der Waals surface area contributed by atoms with Gasteiger partial charge in [-0.25, -0.2) is 22.7 Å². The topological polar surface area (TPSA) is 109 Å². The van der Waals surface area contributed by atoms with Crippen LogP contribution in [0.15, 0.2) is 96.8 Å². The molecule has 3 rings (SSSR count). The third-order valence-corrected chi connectivity index (χ3v) is 6.57. The number of aromatic nitrogens is 2. The van der Waals surface area contributed by atoms with Gasteiger partial charge in [0.1, 0.15) is 0 Å². The molecule has 1 heterocycles. The van der Waals surface area contributed by atoms with Gasteiger partial charge < -0.3 is 10.6 Å². The lowest BCUT2D eigenvalue weighted by Crippen LogP contribution is -2.36. The lowest BCUT2D eigenvalue weighted by Gasteiger charge is -2.20. The summed E-state index contributed by atoms with van der Waals surface area (Å²) in [4.78, 5) is 22.1. The Morgan fingerprint density at radius 2 is 1.70 bits per heavy atom. The monoisotopic (exact) mass is 463 g/mol. The van der Waals surface area contributed by atoms with Gasteiger partial charge in [-0.2, -0.15) is 0 Å². The van der Waals surface area contributed by atoms with E-state index in [1.807, 2.05) is 6.07 Å². The van der Waals surface area contributed by atoms with E-state index in [-0.39, 0.29) is 23.3 Å². The molecule has 9 heteroatoms. The Balaban J connectivity index is 1.65. The lowest BCUT2D eigenvalue weighted by molar-refractivity contribution is 0.0820. The van der Waals surface area contributed by atoms with Crippen LogP contribution in [0.4, 0.5) is 5.95 Å². The highest BCUT2D eigenvalue weighted by Gasteiger charge is 2.22. The Hall–Kier alpha value is -3.82. The third kappa shape index (κ3) is 5.91. The molecule has 1 atom stereocenters. The van der Waals surface area contributed by atoms with Crippen LogP contribution in [-0.4, -0.2) is 48.8 Å². The summed E-state index contributed by atoms with van der Waals surface area (Å²) in [5.74, 6) is -0.0974. The predicted octanol–water partition coefficient (Wildman–Crippen LogP) is 2.93. The number of sulfonamides is 1. The number of amides is 1. The summed E-state index contributed by atoms with van der Waals surface area (Å²) in [6.45, 7) is 3.96. The normalized spacial score (nSPS) is 12.3. The minimum absolute atomic E-state index is 0.0873. The van der Waals surface area contributed by atoms with Gasteiger partial charge in [-0.1, -0.05) is 49.1 Å². The Kier molecular flexibility index (Phi) is 7.70.